The maximum atomic E-state index is 14.0. The van der Waals surface area contributed by atoms with Crippen molar-refractivity contribution in [1.82, 2.24) is 9.55 Å². The van der Waals surface area contributed by atoms with E-state index in [0.717, 1.165) is 24.3 Å². The molecule has 110 valence electrons. The molecule has 0 unspecified atom stereocenters. The first-order chi connectivity index (χ1) is 9.20. The first-order valence-corrected chi connectivity index (χ1v) is 7.14. The van der Waals surface area contributed by atoms with Crippen LogP contribution in [0.4, 0.5) is 4.39 Å². The lowest BCUT2D eigenvalue weighted by Gasteiger charge is -2.38. The van der Waals surface area contributed by atoms with Gasteiger partial charge in [-0.05, 0) is 32.4 Å². The third-order valence-corrected chi connectivity index (χ3v) is 4.35. The molecule has 3 nitrogen and oxygen atoms in total. The number of halogens is 1. The quantitative estimate of drug-likeness (QED) is 0.928. The van der Waals surface area contributed by atoms with Crippen LogP contribution in [0.25, 0.3) is 11.0 Å². The largest absolute Gasteiger partial charge is 0.327 e. The first kappa shape index (κ1) is 15.0. The second kappa shape index (κ2) is 4.85. The van der Waals surface area contributed by atoms with Crippen molar-refractivity contribution >= 4 is 11.0 Å². The number of aromatic nitrogens is 2. The van der Waals surface area contributed by atoms with E-state index >= 15 is 0 Å². The van der Waals surface area contributed by atoms with Crippen molar-refractivity contribution in [2.75, 3.05) is 0 Å². The summed E-state index contributed by atoms with van der Waals surface area (Å²) in [6.45, 7) is 11.0. The minimum absolute atomic E-state index is 0.274. The van der Waals surface area contributed by atoms with E-state index in [1.54, 1.807) is 6.07 Å². The van der Waals surface area contributed by atoms with Crippen molar-refractivity contribution in [2.45, 2.75) is 58.5 Å². The summed E-state index contributed by atoms with van der Waals surface area (Å²) in [5, 5.41) is 0. The molecule has 0 aliphatic rings. The fraction of sp³-hybridized carbons (Fsp3) is 0.562. The second-order valence-electron chi connectivity index (χ2n) is 6.54. The first-order valence-electron chi connectivity index (χ1n) is 7.14. The number of rotatable bonds is 4. The van der Waals surface area contributed by atoms with Gasteiger partial charge in [0, 0.05) is 17.5 Å². The van der Waals surface area contributed by atoms with Crippen molar-refractivity contribution in [1.29, 1.82) is 0 Å². The van der Waals surface area contributed by atoms with Crippen molar-refractivity contribution in [3.8, 4) is 0 Å². The van der Waals surface area contributed by atoms with Crippen molar-refractivity contribution in [2.24, 2.45) is 5.73 Å². The molecular formula is C16H24FN3. The standard InChI is InChI=1S/C16H24FN3/c1-6-10-20-12-9-7-8-11(17)13(12)19-14(20)15(2,3)16(4,5)18/h7-9H,6,10,18H2,1-5H3. The van der Waals surface area contributed by atoms with Gasteiger partial charge in [-0.15, -0.1) is 0 Å². The Morgan fingerprint density at radius 2 is 1.90 bits per heavy atom. The van der Waals surface area contributed by atoms with Gasteiger partial charge < -0.3 is 10.3 Å². The average Bonchev–Trinajstić information content (AvgIpc) is 2.69. The van der Waals surface area contributed by atoms with Gasteiger partial charge in [0.1, 0.15) is 11.3 Å². The number of benzene rings is 1. The number of hydrogen-bond acceptors (Lipinski definition) is 2. The second-order valence-corrected chi connectivity index (χ2v) is 6.54. The summed E-state index contributed by atoms with van der Waals surface area (Å²) in [6, 6.07) is 5.11. The van der Waals surface area contributed by atoms with Crippen LogP contribution in [0.15, 0.2) is 18.2 Å². The molecule has 2 N–H and O–H groups in total. The maximum Gasteiger partial charge on any atom is 0.151 e. The van der Waals surface area contributed by atoms with Gasteiger partial charge in [-0.2, -0.15) is 0 Å². The van der Waals surface area contributed by atoms with Crippen LogP contribution >= 0.6 is 0 Å². The minimum Gasteiger partial charge on any atom is -0.327 e. The molecule has 0 saturated carbocycles. The number of imidazole rings is 1. The third-order valence-electron chi connectivity index (χ3n) is 4.35. The van der Waals surface area contributed by atoms with Gasteiger partial charge >= 0.3 is 0 Å². The topological polar surface area (TPSA) is 43.8 Å². The molecule has 1 aromatic heterocycles. The zero-order valence-electron chi connectivity index (χ0n) is 13.0. The van der Waals surface area contributed by atoms with E-state index in [0.29, 0.717) is 5.52 Å². The Morgan fingerprint density at radius 3 is 2.45 bits per heavy atom. The van der Waals surface area contributed by atoms with Gasteiger partial charge in [0.15, 0.2) is 5.82 Å². The molecule has 0 amide bonds. The van der Waals surface area contributed by atoms with E-state index < -0.39 is 5.54 Å². The van der Waals surface area contributed by atoms with E-state index in [-0.39, 0.29) is 11.2 Å². The smallest absolute Gasteiger partial charge is 0.151 e. The summed E-state index contributed by atoms with van der Waals surface area (Å²) in [7, 11) is 0. The molecule has 0 bridgehead atoms. The Labute approximate surface area is 120 Å². The highest BCUT2D eigenvalue weighted by atomic mass is 19.1. The third kappa shape index (κ3) is 2.22. The van der Waals surface area contributed by atoms with Gasteiger partial charge in [0.2, 0.25) is 0 Å². The molecule has 2 aromatic rings. The normalized spacial score (nSPS) is 13.2. The number of para-hydroxylation sites is 1. The number of aryl methyl sites for hydroxylation is 1. The summed E-state index contributed by atoms with van der Waals surface area (Å²) in [6.07, 6.45) is 0.968. The molecule has 0 aliphatic heterocycles. The van der Waals surface area contributed by atoms with Crippen LogP contribution in [0.2, 0.25) is 0 Å². The van der Waals surface area contributed by atoms with Crippen molar-refractivity contribution in [3.63, 3.8) is 0 Å². The van der Waals surface area contributed by atoms with Gasteiger partial charge in [0.25, 0.3) is 0 Å². The lowest BCUT2D eigenvalue weighted by molar-refractivity contribution is 0.282. The predicted octanol–water partition coefficient (Wildman–Crippen LogP) is 3.60. The lowest BCUT2D eigenvalue weighted by atomic mass is 9.74. The summed E-state index contributed by atoms with van der Waals surface area (Å²) in [5.74, 6) is 0.580. The van der Waals surface area contributed by atoms with Crippen LogP contribution in [0.5, 0.6) is 0 Å². The van der Waals surface area contributed by atoms with E-state index in [4.69, 9.17) is 5.73 Å². The maximum absolute atomic E-state index is 14.0. The summed E-state index contributed by atoms with van der Waals surface area (Å²) in [4.78, 5) is 4.58. The zero-order chi connectivity index (χ0) is 15.1. The highest BCUT2D eigenvalue weighted by Crippen LogP contribution is 2.35. The SMILES string of the molecule is CCCn1c(C(C)(C)C(C)(C)N)nc2c(F)cccc21. The molecule has 0 aliphatic carbocycles. The van der Waals surface area contributed by atoms with Gasteiger partial charge in [0.05, 0.1) is 5.52 Å². The molecule has 0 atom stereocenters. The Bertz CT molecular complexity index is 620. The number of nitrogens with zero attached hydrogens (tertiary/aromatic N) is 2. The van der Waals surface area contributed by atoms with E-state index in [1.807, 2.05) is 19.9 Å². The Kier molecular flexibility index (Phi) is 3.63. The van der Waals surface area contributed by atoms with Crippen molar-refractivity contribution < 1.29 is 4.39 Å². The zero-order valence-corrected chi connectivity index (χ0v) is 13.0. The summed E-state index contributed by atoms with van der Waals surface area (Å²) >= 11 is 0. The average molecular weight is 277 g/mol. The van der Waals surface area contributed by atoms with Crippen LogP contribution < -0.4 is 5.73 Å². The molecule has 1 heterocycles. The molecule has 4 heteroatoms. The van der Waals surface area contributed by atoms with Crippen LogP contribution in [0.1, 0.15) is 46.9 Å². The van der Waals surface area contributed by atoms with Crippen LogP contribution in [0.3, 0.4) is 0 Å². The van der Waals surface area contributed by atoms with E-state index in [1.165, 1.54) is 6.07 Å². The molecule has 0 spiro atoms. The Morgan fingerprint density at radius 1 is 1.25 bits per heavy atom. The molecular weight excluding hydrogens is 253 g/mol. The fourth-order valence-corrected chi connectivity index (χ4v) is 2.33. The van der Waals surface area contributed by atoms with Crippen molar-refractivity contribution in [3.05, 3.63) is 29.8 Å². The summed E-state index contributed by atoms with van der Waals surface area (Å²) < 4.78 is 16.1. The van der Waals surface area contributed by atoms with Crippen LogP contribution in [-0.4, -0.2) is 15.1 Å². The monoisotopic (exact) mass is 277 g/mol. The molecule has 2 rings (SSSR count). The number of fused-ring (bicyclic) bond motifs is 1. The minimum atomic E-state index is -0.448. The summed E-state index contributed by atoms with van der Waals surface area (Å²) in [5.41, 5.74) is 6.81. The highest BCUT2D eigenvalue weighted by Gasteiger charge is 2.39. The van der Waals surface area contributed by atoms with E-state index in [2.05, 4.69) is 30.3 Å². The Hall–Kier alpha value is -1.42. The molecule has 1 aromatic carbocycles. The molecule has 0 fully saturated rings. The number of hydrogen-bond donors (Lipinski definition) is 1. The highest BCUT2D eigenvalue weighted by molar-refractivity contribution is 5.77. The lowest BCUT2D eigenvalue weighted by Crippen LogP contribution is -2.51. The number of nitrogens with two attached hydrogens (primary N) is 1. The van der Waals surface area contributed by atoms with Gasteiger partial charge in [-0.3, -0.25) is 0 Å². The van der Waals surface area contributed by atoms with Gasteiger partial charge in [-0.1, -0.05) is 26.8 Å². The molecule has 20 heavy (non-hydrogen) atoms. The molecule has 0 radical (unpaired) electrons. The molecule has 0 saturated heterocycles. The fourth-order valence-electron chi connectivity index (χ4n) is 2.33. The van der Waals surface area contributed by atoms with Gasteiger partial charge in [-0.25, -0.2) is 9.37 Å². The predicted molar refractivity (Wildman–Crippen MR) is 81.3 cm³/mol. The van der Waals surface area contributed by atoms with Crippen LogP contribution in [0, 0.1) is 5.82 Å². The van der Waals surface area contributed by atoms with Crippen LogP contribution in [-0.2, 0) is 12.0 Å². The Balaban J connectivity index is 2.76. The van der Waals surface area contributed by atoms with E-state index in [9.17, 15) is 4.39 Å².